The summed E-state index contributed by atoms with van der Waals surface area (Å²) in [7, 11) is 0. The van der Waals surface area contributed by atoms with Gasteiger partial charge >= 0.3 is 12.0 Å². The van der Waals surface area contributed by atoms with Gasteiger partial charge in [0.2, 0.25) is 0 Å². The molecule has 5 nitrogen and oxygen atoms in total. The predicted molar refractivity (Wildman–Crippen MR) is 77.9 cm³/mol. The molecule has 0 aliphatic carbocycles. The Morgan fingerprint density at radius 2 is 1.80 bits per heavy atom. The van der Waals surface area contributed by atoms with E-state index in [1.54, 1.807) is 24.3 Å². The van der Waals surface area contributed by atoms with Crippen LogP contribution in [0, 0.1) is 0 Å². The van der Waals surface area contributed by atoms with Crippen LogP contribution in [0.5, 0.6) is 0 Å². The number of carboxylic acids is 1. The van der Waals surface area contributed by atoms with E-state index in [2.05, 4.69) is 10.6 Å². The van der Waals surface area contributed by atoms with Crippen molar-refractivity contribution in [2.75, 3.05) is 0 Å². The number of nitrogens with one attached hydrogen (secondary N) is 2. The van der Waals surface area contributed by atoms with E-state index in [0.29, 0.717) is 10.6 Å². The Morgan fingerprint density at radius 3 is 2.30 bits per heavy atom. The Balaban J connectivity index is 2.81. The van der Waals surface area contributed by atoms with Crippen LogP contribution >= 0.6 is 11.6 Å². The first-order valence-corrected chi connectivity index (χ1v) is 6.91. The van der Waals surface area contributed by atoms with E-state index in [-0.39, 0.29) is 6.04 Å². The summed E-state index contributed by atoms with van der Waals surface area (Å²) < 4.78 is 0. The summed E-state index contributed by atoms with van der Waals surface area (Å²) in [5, 5.41) is 14.7. The highest BCUT2D eigenvalue weighted by atomic mass is 35.5. The number of urea groups is 1. The Kier molecular flexibility index (Phi) is 6.31. The van der Waals surface area contributed by atoms with E-state index in [1.165, 1.54) is 0 Å². The number of aliphatic carboxylic acids is 1. The van der Waals surface area contributed by atoms with E-state index in [0.717, 1.165) is 12.8 Å². The third-order valence-electron chi connectivity index (χ3n) is 3.06. The molecule has 0 spiro atoms. The maximum Gasteiger partial charge on any atom is 0.331 e. The molecule has 20 heavy (non-hydrogen) atoms. The Hall–Kier alpha value is -1.75. The van der Waals surface area contributed by atoms with Crippen molar-refractivity contribution in [3.05, 3.63) is 34.9 Å². The Morgan fingerprint density at radius 1 is 1.20 bits per heavy atom. The van der Waals surface area contributed by atoms with Gasteiger partial charge in [0.1, 0.15) is 0 Å². The van der Waals surface area contributed by atoms with Crippen LogP contribution in [0.2, 0.25) is 5.02 Å². The third-order valence-corrected chi connectivity index (χ3v) is 3.40. The molecule has 0 bridgehead atoms. The van der Waals surface area contributed by atoms with Crippen LogP contribution in [0.15, 0.2) is 24.3 Å². The fraction of sp³-hybridized carbons (Fsp3) is 0.429. The predicted octanol–water partition coefficient (Wildman–Crippen LogP) is 2.95. The zero-order valence-corrected chi connectivity index (χ0v) is 12.3. The molecule has 1 aromatic rings. The summed E-state index contributed by atoms with van der Waals surface area (Å²) in [6.45, 7) is 3.91. The van der Waals surface area contributed by atoms with E-state index >= 15 is 0 Å². The minimum atomic E-state index is -1.17. The van der Waals surface area contributed by atoms with E-state index in [9.17, 15) is 14.7 Å². The maximum absolute atomic E-state index is 11.8. The minimum Gasteiger partial charge on any atom is -0.479 e. The van der Waals surface area contributed by atoms with Gasteiger partial charge < -0.3 is 15.7 Å². The van der Waals surface area contributed by atoms with Crippen LogP contribution in [0.3, 0.4) is 0 Å². The molecule has 0 aliphatic heterocycles. The SMILES string of the molecule is CCC(CC)NC(=O)N[C@@H](C(=O)O)c1ccccc1Cl. The van der Waals surface area contributed by atoms with Crippen molar-refractivity contribution in [3.63, 3.8) is 0 Å². The number of hydrogen-bond acceptors (Lipinski definition) is 2. The first-order chi connectivity index (χ1) is 9.49. The van der Waals surface area contributed by atoms with Crippen LogP contribution in [0.4, 0.5) is 4.79 Å². The summed E-state index contributed by atoms with van der Waals surface area (Å²) >= 11 is 5.97. The molecule has 0 fully saturated rings. The number of carbonyl (C=O) groups is 2. The van der Waals surface area contributed by atoms with Gasteiger partial charge in [0.05, 0.1) is 0 Å². The Bertz CT molecular complexity index is 475. The highest BCUT2D eigenvalue weighted by molar-refractivity contribution is 6.31. The molecule has 1 atom stereocenters. The molecule has 0 unspecified atom stereocenters. The molecular weight excluding hydrogens is 280 g/mol. The number of carbonyl (C=O) groups excluding carboxylic acids is 1. The lowest BCUT2D eigenvalue weighted by Crippen LogP contribution is -2.45. The molecule has 0 saturated heterocycles. The van der Waals surface area contributed by atoms with E-state index in [4.69, 9.17) is 11.6 Å². The van der Waals surface area contributed by atoms with Crippen molar-refractivity contribution in [1.82, 2.24) is 10.6 Å². The lowest BCUT2D eigenvalue weighted by Gasteiger charge is -2.20. The van der Waals surface area contributed by atoms with Gasteiger partial charge in [0, 0.05) is 16.6 Å². The highest BCUT2D eigenvalue weighted by Gasteiger charge is 2.24. The van der Waals surface area contributed by atoms with Gasteiger partial charge in [0.15, 0.2) is 6.04 Å². The second kappa shape index (κ2) is 7.75. The van der Waals surface area contributed by atoms with Crippen molar-refractivity contribution in [2.45, 2.75) is 38.8 Å². The lowest BCUT2D eigenvalue weighted by atomic mass is 10.1. The van der Waals surface area contributed by atoms with Gasteiger partial charge in [0.25, 0.3) is 0 Å². The molecule has 1 aromatic carbocycles. The first-order valence-electron chi connectivity index (χ1n) is 6.53. The summed E-state index contributed by atoms with van der Waals surface area (Å²) in [4.78, 5) is 23.2. The monoisotopic (exact) mass is 298 g/mol. The number of carboxylic acid groups (broad SMARTS) is 1. The molecule has 2 amide bonds. The van der Waals surface area contributed by atoms with E-state index in [1.807, 2.05) is 13.8 Å². The number of halogens is 1. The molecule has 6 heteroatoms. The van der Waals surface area contributed by atoms with Crippen LogP contribution in [0.1, 0.15) is 38.3 Å². The number of amides is 2. The lowest BCUT2D eigenvalue weighted by molar-refractivity contribution is -0.139. The third kappa shape index (κ3) is 4.42. The molecule has 1 rings (SSSR count). The van der Waals surface area contributed by atoms with Gasteiger partial charge in [-0.1, -0.05) is 43.6 Å². The van der Waals surface area contributed by atoms with Crippen LogP contribution < -0.4 is 10.6 Å². The molecule has 0 aromatic heterocycles. The number of rotatable bonds is 6. The second-order valence-electron chi connectivity index (χ2n) is 4.42. The van der Waals surface area contributed by atoms with Crippen molar-refractivity contribution in [3.8, 4) is 0 Å². The van der Waals surface area contributed by atoms with Crippen LogP contribution in [-0.4, -0.2) is 23.1 Å². The standard InChI is InChI=1S/C14H19ClN2O3/c1-3-9(4-2)16-14(20)17-12(13(18)19)10-7-5-6-8-11(10)15/h5-9,12H,3-4H2,1-2H3,(H,18,19)(H2,16,17,20)/t12-/m1/s1. The smallest absolute Gasteiger partial charge is 0.331 e. The summed E-state index contributed by atoms with van der Waals surface area (Å²) in [6, 6.07) is 4.90. The van der Waals surface area contributed by atoms with Crippen LogP contribution in [0.25, 0.3) is 0 Å². The van der Waals surface area contributed by atoms with Crippen molar-refractivity contribution >= 4 is 23.6 Å². The molecule has 3 N–H and O–H groups in total. The maximum atomic E-state index is 11.8. The van der Waals surface area contributed by atoms with Crippen molar-refractivity contribution in [2.24, 2.45) is 0 Å². The number of benzene rings is 1. The molecule has 0 saturated carbocycles. The highest BCUT2D eigenvalue weighted by Crippen LogP contribution is 2.22. The normalized spacial score (nSPS) is 12.0. The van der Waals surface area contributed by atoms with Gasteiger partial charge in [-0.2, -0.15) is 0 Å². The zero-order valence-electron chi connectivity index (χ0n) is 11.5. The molecular formula is C14H19ClN2O3. The summed E-state index contributed by atoms with van der Waals surface area (Å²) in [5.41, 5.74) is 0.362. The first kappa shape index (κ1) is 16.3. The molecule has 0 aliphatic rings. The molecule has 0 heterocycles. The topological polar surface area (TPSA) is 78.4 Å². The average molecular weight is 299 g/mol. The van der Waals surface area contributed by atoms with Crippen LogP contribution in [-0.2, 0) is 4.79 Å². The summed E-state index contributed by atoms with van der Waals surface area (Å²) in [5.74, 6) is -1.15. The van der Waals surface area contributed by atoms with Crippen molar-refractivity contribution in [1.29, 1.82) is 0 Å². The largest absolute Gasteiger partial charge is 0.479 e. The average Bonchev–Trinajstić information content (AvgIpc) is 2.43. The van der Waals surface area contributed by atoms with Gasteiger partial charge in [-0.05, 0) is 18.9 Å². The fourth-order valence-corrected chi connectivity index (χ4v) is 2.08. The van der Waals surface area contributed by atoms with Gasteiger partial charge in [-0.25, -0.2) is 9.59 Å². The molecule has 110 valence electrons. The zero-order chi connectivity index (χ0) is 15.1. The Labute approximate surface area is 123 Å². The summed E-state index contributed by atoms with van der Waals surface area (Å²) in [6.07, 6.45) is 1.57. The fourth-order valence-electron chi connectivity index (χ4n) is 1.83. The van der Waals surface area contributed by atoms with Gasteiger partial charge in [-0.15, -0.1) is 0 Å². The quantitative estimate of drug-likeness (QED) is 0.755. The number of hydrogen-bond donors (Lipinski definition) is 3. The second-order valence-corrected chi connectivity index (χ2v) is 4.83. The van der Waals surface area contributed by atoms with Gasteiger partial charge in [-0.3, -0.25) is 0 Å². The molecule has 0 radical (unpaired) electrons. The minimum absolute atomic E-state index is 0.0238. The van der Waals surface area contributed by atoms with Crippen molar-refractivity contribution < 1.29 is 14.7 Å². The van der Waals surface area contributed by atoms with E-state index < -0.39 is 18.0 Å².